The molecular formula is C17H25NO2. The number of amides is 1. The second-order valence-electron chi connectivity index (χ2n) is 6.24. The van der Waals surface area contributed by atoms with E-state index in [1.807, 2.05) is 37.3 Å². The Morgan fingerprint density at radius 3 is 2.50 bits per heavy atom. The maximum absolute atomic E-state index is 12.4. The molecule has 110 valence electrons. The van der Waals surface area contributed by atoms with Crippen molar-refractivity contribution >= 4 is 5.91 Å². The van der Waals surface area contributed by atoms with Crippen molar-refractivity contribution in [3.63, 3.8) is 0 Å². The lowest BCUT2D eigenvalue weighted by molar-refractivity contribution is -0.125. The first-order chi connectivity index (χ1) is 9.56. The summed E-state index contributed by atoms with van der Waals surface area (Å²) in [4.78, 5) is 12.4. The van der Waals surface area contributed by atoms with Gasteiger partial charge in [0.1, 0.15) is 0 Å². The predicted octanol–water partition coefficient (Wildman–Crippen LogP) is 2.85. The first kappa shape index (κ1) is 15.0. The molecule has 1 unspecified atom stereocenters. The molecule has 0 bridgehead atoms. The Bertz CT molecular complexity index is 436. The first-order valence-corrected chi connectivity index (χ1v) is 7.54. The van der Waals surface area contributed by atoms with E-state index in [2.05, 4.69) is 12.2 Å². The Morgan fingerprint density at radius 1 is 1.35 bits per heavy atom. The smallest absolute Gasteiger partial charge is 0.227 e. The summed E-state index contributed by atoms with van der Waals surface area (Å²) in [5, 5.41) is 12.8. The van der Waals surface area contributed by atoms with E-state index >= 15 is 0 Å². The molecule has 1 aromatic rings. The van der Waals surface area contributed by atoms with Crippen LogP contribution in [0.2, 0.25) is 0 Å². The zero-order valence-corrected chi connectivity index (χ0v) is 12.4. The molecule has 0 spiro atoms. The van der Waals surface area contributed by atoms with Gasteiger partial charge in [0.15, 0.2) is 0 Å². The van der Waals surface area contributed by atoms with Gasteiger partial charge in [0, 0.05) is 0 Å². The topological polar surface area (TPSA) is 49.3 Å². The third kappa shape index (κ3) is 3.40. The fourth-order valence-corrected chi connectivity index (χ4v) is 2.90. The second kappa shape index (κ2) is 6.40. The van der Waals surface area contributed by atoms with Crippen molar-refractivity contribution in [3.05, 3.63) is 35.9 Å². The molecule has 2 N–H and O–H groups in total. The van der Waals surface area contributed by atoms with E-state index in [1.165, 1.54) is 0 Å². The van der Waals surface area contributed by atoms with Gasteiger partial charge >= 0.3 is 0 Å². The van der Waals surface area contributed by atoms with Crippen molar-refractivity contribution in [2.24, 2.45) is 5.92 Å². The number of aliphatic hydroxyl groups excluding tert-OH is 1. The lowest BCUT2D eigenvalue weighted by atomic mass is 9.77. The molecule has 0 aliphatic heterocycles. The van der Waals surface area contributed by atoms with Gasteiger partial charge in [-0.1, -0.05) is 37.3 Å². The van der Waals surface area contributed by atoms with Crippen molar-refractivity contribution in [2.75, 3.05) is 6.61 Å². The van der Waals surface area contributed by atoms with Crippen molar-refractivity contribution in [2.45, 2.75) is 51.0 Å². The van der Waals surface area contributed by atoms with Crippen LogP contribution < -0.4 is 5.32 Å². The summed E-state index contributed by atoms with van der Waals surface area (Å²) in [5.74, 6) is 0.525. The van der Waals surface area contributed by atoms with E-state index < -0.39 is 5.54 Å². The number of benzene rings is 1. The average Bonchev–Trinajstić information content (AvgIpc) is 2.50. The molecule has 3 nitrogen and oxygen atoms in total. The van der Waals surface area contributed by atoms with Crippen LogP contribution in [0.1, 0.15) is 51.0 Å². The molecule has 1 aliphatic carbocycles. The zero-order valence-electron chi connectivity index (χ0n) is 12.4. The molecule has 0 saturated heterocycles. The Kier molecular flexibility index (Phi) is 4.81. The molecule has 1 atom stereocenters. The Morgan fingerprint density at radius 2 is 1.95 bits per heavy atom. The lowest BCUT2D eigenvalue weighted by Crippen LogP contribution is -2.54. The highest BCUT2D eigenvalue weighted by molar-refractivity contribution is 5.83. The van der Waals surface area contributed by atoms with Crippen molar-refractivity contribution in [1.29, 1.82) is 0 Å². The summed E-state index contributed by atoms with van der Waals surface area (Å²) in [6, 6.07) is 9.79. The summed E-state index contributed by atoms with van der Waals surface area (Å²) in [6.07, 6.45) is 3.89. The van der Waals surface area contributed by atoms with Gasteiger partial charge in [-0.2, -0.15) is 0 Å². The maximum Gasteiger partial charge on any atom is 0.227 e. The van der Waals surface area contributed by atoms with Crippen LogP contribution in [0, 0.1) is 5.92 Å². The third-order valence-electron chi connectivity index (χ3n) is 4.62. The molecular weight excluding hydrogens is 250 g/mol. The maximum atomic E-state index is 12.4. The van der Waals surface area contributed by atoms with Crippen LogP contribution >= 0.6 is 0 Å². The van der Waals surface area contributed by atoms with Crippen LogP contribution in [0.5, 0.6) is 0 Å². The molecule has 0 aromatic heterocycles. The summed E-state index contributed by atoms with van der Waals surface area (Å²) in [6.45, 7) is 4.18. The standard InChI is InChI=1S/C17H25NO2/c1-13-8-10-17(12-19,11-9-13)18-16(20)14(2)15-6-4-3-5-7-15/h3-7,13-14,19H,8-12H2,1-2H3,(H,18,20). The first-order valence-electron chi connectivity index (χ1n) is 7.54. The molecule has 20 heavy (non-hydrogen) atoms. The van der Waals surface area contributed by atoms with E-state index in [9.17, 15) is 9.90 Å². The molecule has 2 rings (SSSR count). The Balaban J connectivity index is 2.02. The normalized spacial score (nSPS) is 27.9. The highest BCUT2D eigenvalue weighted by atomic mass is 16.3. The predicted molar refractivity (Wildman–Crippen MR) is 80.4 cm³/mol. The number of nitrogens with one attached hydrogen (secondary N) is 1. The molecule has 1 aromatic carbocycles. The van der Waals surface area contributed by atoms with E-state index in [1.54, 1.807) is 0 Å². The SMILES string of the molecule is CC1CCC(CO)(NC(=O)C(C)c2ccccc2)CC1. The zero-order chi connectivity index (χ0) is 14.6. The molecule has 0 radical (unpaired) electrons. The number of hydrogen-bond donors (Lipinski definition) is 2. The van der Waals surface area contributed by atoms with Crippen LogP contribution in [-0.2, 0) is 4.79 Å². The fraction of sp³-hybridized carbons (Fsp3) is 0.588. The Labute approximate surface area is 121 Å². The van der Waals surface area contributed by atoms with Gasteiger partial charge in [-0.05, 0) is 44.1 Å². The number of rotatable bonds is 4. The van der Waals surface area contributed by atoms with Gasteiger partial charge in [0.2, 0.25) is 5.91 Å². The molecule has 1 amide bonds. The fourth-order valence-electron chi connectivity index (χ4n) is 2.90. The summed E-state index contributed by atoms with van der Waals surface area (Å²) in [7, 11) is 0. The average molecular weight is 275 g/mol. The van der Waals surface area contributed by atoms with Crippen molar-refractivity contribution in [1.82, 2.24) is 5.32 Å². The van der Waals surface area contributed by atoms with Gasteiger partial charge in [-0.15, -0.1) is 0 Å². The minimum absolute atomic E-state index is 0.0137. The van der Waals surface area contributed by atoms with E-state index in [0.717, 1.165) is 31.2 Å². The number of aliphatic hydroxyl groups is 1. The third-order valence-corrected chi connectivity index (χ3v) is 4.62. The monoisotopic (exact) mass is 275 g/mol. The minimum atomic E-state index is -0.410. The van der Waals surface area contributed by atoms with Gasteiger partial charge in [0.05, 0.1) is 18.1 Å². The summed E-state index contributed by atoms with van der Waals surface area (Å²) < 4.78 is 0. The molecule has 3 heteroatoms. The van der Waals surface area contributed by atoms with Crippen LogP contribution in [0.15, 0.2) is 30.3 Å². The van der Waals surface area contributed by atoms with E-state index in [4.69, 9.17) is 0 Å². The summed E-state index contributed by atoms with van der Waals surface area (Å²) in [5.41, 5.74) is 0.606. The van der Waals surface area contributed by atoms with E-state index in [0.29, 0.717) is 5.92 Å². The van der Waals surface area contributed by atoms with E-state index in [-0.39, 0.29) is 18.4 Å². The van der Waals surface area contributed by atoms with Crippen LogP contribution in [0.3, 0.4) is 0 Å². The molecule has 1 aliphatic rings. The molecule has 1 saturated carbocycles. The van der Waals surface area contributed by atoms with Crippen molar-refractivity contribution < 1.29 is 9.90 Å². The van der Waals surface area contributed by atoms with Gasteiger partial charge in [0.25, 0.3) is 0 Å². The molecule has 1 fully saturated rings. The number of carbonyl (C=O) groups is 1. The largest absolute Gasteiger partial charge is 0.394 e. The highest BCUT2D eigenvalue weighted by Gasteiger charge is 2.36. The summed E-state index contributed by atoms with van der Waals surface area (Å²) >= 11 is 0. The molecule has 0 heterocycles. The lowest BCUT2D eigenvalue weighted by Gasteiger charge is -2.39. The van der Waals surface area contributed by atoms with Crippen LogP contribution in [0.25, 0.3) is 0 Å². The number of hydrogen-bond acceptors (Lipinski definition) is 2. The van der Waals surface area contributed by atoms with Gasteiger partial charge in [-0.25, -0.2) is 0 Å². The van der Waals surface area contributed by atoms with Crippen LogP contribution in [-0.4, -0.2) is 23.2 Å². The van der Waals surface area contributed by atoms with Gasteiger partial charge in [-0.3, -0.25) is 4.79 Å². The second-order valence-corrected chi connectivity index (χ2v) is 6.24. The Hall–Kier alpha value is -1.35. The van der Waals surface area contributed by atoms with Crippen molar-refractivity contribution in [3.8, 4) is 0 Å². The highest BCUT2D eigenvalue weighted by Crippen LogP contribution is 2.32. The minimum Gasteiger partial charge on any atom is -0.394 e. The van der Waals surface area contributed by atoms with Gasteiger partial charge < -0.3 is 10.4 Å². The van der Waals surface area contributed by atoms with Crippen LogP contribution in [0.4, 0.5) is 0 Å². The number of carbonyl (C=O) groups excluding carboxylic acids is 1. The quantitative estimate of drug-likeness (QED) is 0.887.